The van der Waals surface area contributed by atoms with Crippen LogP contribution in [0.4, 0.5) is 0 Å². The average molecular weight is 290 g/mol. The van der Waals surface area contributed by atoms with E-state index in [-0.39, 0.29) is 11.5 Å². The number of hydrogen-bond donors (Lipinski definition) is 2. The molecule has 0 saturated heterocycles. The molecule has 0 aromatic heterocycles. The number of benzene rings is 3. The molecule has 0 aliphatic carbocycles. The first kappa shape index (κ1) is 14.2. The van der Waals surface area contributed by atoms with Crippen molar-refractivity contribution in [3.63, 3.8) is 0 Å². The largest absolute Gasteiger partial charge is 0.508 e. The van der Waals surface area contributed by atoms with Gasteiger partial charge in [0.05, 0.1) is 0 Å². The lowest BCUT2D eigenvalue weighted by Crippen LogP contribution is -1.87. The molecule has 3 aromatic rings. The van der Waals surface area contributed by atoms with Crippen molar-refractivity contribution in [3.05, 3.63) is 72.3 Å². The maximum absolute atomic E-state index is 10.3. The van der Waals surface area contributed by atoms with Gasteiger partial charge in [-0.2, -0.15) is 0 Å². The van der Waals surface area contributed by atoms with Crippen LogP contribution in [0.2, 0.25) is 0 Å². The van der Waals surface area contributed by atoms with Gasteiger partial charge in [0.1, 0.15) is 11.5 Å². The van der Waals surface area contributed by atoms with E-state index in [0.717, 1.165) is 16.7 Å². The van der Waals surface area contributed by atoms with E-state index in [1.807, 2.05) is 49.4 Å². The Labute approximate surface area is 130 Å². The monoisotopic (exact) mass is 290 g/mol. The number of phenols is 2. The maximum atomic E-state index is 10.3. The van der Waals surface area contributed by atoms with Crippen LogP contribution in [-0.2, 0) is 6.42 Å². The van der Waals surface area contributed by atoms with Gasteiger partial charge in [0.25, 0.3) is 0 Å². The van der Waals surface area contributed by atoms with Gasteiger partial charge in [-0.15, -0.1) is 0 Å². The molecule has 0 fully saturated rings. The van der Waals surface area contributed by atoms with Gasteiger partial charge in [0.2, 0.25) is 0 Å². The van der Waals surface area contributed by atoms with E-state index in [4.69, 9.17) is 0 Å². The summed E-state index contributed by atoms with van der Waals surface area (Å²) >= 11 is 0. The number of rotatable bonds is 3. The van der Waals surface area contributed by atoms with E-state index < -0.39 is 0 Å². The Morgan fingerprint density at radius 1 is 0.682 bits per heavy atom. The minimum absolute atomic E-state index is 0.143. The molecule has 0 bridgehead atoms. The van der Waals surface area contributed by atoms with Crippen molar-refractivity contribution in [1.29, 1.82) is 0 Å². The predicted octanol–water partition coefficient (Wildman–Crippen LogP) is 4.99. The Bertz CT molecular complexity index is 775. The minimum atomic E-state index is 0.143. The van der Waals surface area contributed by atoms with E-state index >= 15 is 0 Å². The highest BCUT2D eigenvalue weighted by molar-refractivity contribution is 5.76. The highest BCUT2D eigenvalue weighted by Gasteiger charge is 2.12. The zero-order valence-corrected chi connectivity index (χ0v) is 12.5. The van der Waals surface area contributed by atoms with Crippen molar-refractivity contribution in [1.82, 2.24) is 0 Å². The first-order chi connectivity index (χ1) is 10.7. The highest BCUT2D eigenvalue weighted by atomic mass is 16.3. The highest BCUT2D eigenvalue weighted by Crippen LogP contribution is 2.37. The van der Waals surface area contributed by atoms with Crippen LogP contribution in [-0.4, -0.2) is 10.2 Å². The van der Waals surface area contributed by atoms with E-state index in [1.165, 1.54) is 5.56 Å². The zero-order valence-electron chi connectivity index (χ0n) is 12.5. The van der Waals surface area contributed by atoms with Gasteiger partial charge < -0.3 is 10.2 Å². The predicted molar refractivity (Wildman–Crippen MR) is 90.0 cm³/mol. The van der Waals surface area contributed by atoms with Gasteiger partial charge in [0.15, 0.2) is 0 Å². The van der Waals surface area contributed by atoms with Gasteiger partial charge in [0, 0.05) is 11.1 Å². The molecule has 0 spiro atoms. The average Bonchev–Trinajstić information content (AvgIpc) is 2.56. The van der Waals surface area contributed by atoms with Crippen molar-refractivity contribution in [2.24, 2.45) is 0 Å². The molecule has 0 aliphatic rings. The van der Waals surface area contributed by atoms with Gasteiger partial charge >= 0.3 is 0 Å². The van der Waals surface area contributed by atoms with Crippen molar-refractivity contribution < 1.29 is 10.2 Å². The van der Waals surface area contributed by atoms with Crippen LogP contribution < -0.4 is 0 Å². The molecule has 0 amide bonds. The Hall–Kier alpha value is -2.74. The lowest BCUT2D eigenvalue weighted by molar-refractivity contribution is 0.441. The second-order valence-corrected chi connectivity index (χ2v) is 5.26. The van der Waals surface area contributed by atoms with E-state index in [2.05, 4.69) is 12.1 Å². The number of hydrogen-bond acceptors (Lipinski definition) is 2. The molecule has 22 heavy (non-hydrogen) atoms. The summed E-state index contributed by atoms with van der Waals surface area (Å²) in [6, 6.07) is 21.6. The number of aromatic hydroxyl groups is 2. The second kappa shape index (κ2) is 5.94. The third kappa shape index (κ3) is 2.56. The molecule has 0 unspecified atom stereocenters. The SMILES string of the molecule is CCc1c(O)ccc(-c2ccc(-c3ccccc3)cc2)c1O. The topological polar surface area (TPSA) is 40.5 Å². The van der Waals surface area contributed by atoms with Gasteiger partial charge in [-0.1, -0.05) is 61.5 Å². The summed E-state index contributed by atoms with van der Waals surface area (Å²) in [6.45, 7) is 1.91. The van der Waals surface area contributed by atoms with Crippen LogP contribution in [0.1, 0.15) is 12.5 Å². The fourth-order valence-electron chi connectivity index (χ4n) is 2.68. The Kier molecular flexibility index (Phi) is 3.84. The summed E-state index contributed by atoms with van der Waals surface area (Å²) in [6.07, 6.45) is 0.591. The van der Waals surface area contributed by atoms with Gasteiger partial charge in [-0.05, 0) is 35.2 Å². The molecule has 110 valence electrons. The van der Waals surface area contributed by atoms with Crippen molar-refractivity contribution in [2.75, 3.05) is 0 Å². The van der Waals surface area contributed by atoms with Crippen LogP contribution in [0.15, 0.2) is 66.7 Å². The minimum Gasteiger partial charge on any atom is -0.508 e. The smallest absolute Gasteiger partial charge is 0.130 e. The molecular formula is C20H18O2. The van der Waals surface area contributed by atoms with E-state index in [1.54, 1.807) is 12.1 Å². The summed E-state index contributed by atoms with van der Waals surface area (Å²) in [5.41, 5.74) is 4.57. The van der Waals surface area contributed by atoms with E-state index in [9.17, 15) is 10.2 Å². The second-order valence-electron chi connectivity index (χ2n) is 5.26. The molecule has 2 nitrogen and oxygen atoms in total. The summed E-state index contributed by atoms with van der Waals surface area (Å²) in [5, 5.41) is 20.1. The van der Waals surface area contributed by atoms with Crippen LogP contribution >= 0.6 is 0 Å². The molecule has 0 aliphatic heterocycles. The third-order valence-corrected chi connectivity index (χ3v) is 3.91. The molecule has 0 heterocycles. The first-order valence-electron chi connectivity index (χ1n) is 7.40. The maximum Gasteiger partial charge on any atom is 0.130 e. The Morgan fingerprint density at radius 2 is 1.27 bits per heavy atom. The molecule has 0 radical (unpaired) electrons. The molecule has 2 N–H and O–H groups in total. The van der Waals surface area contributed by atoms with Crippen molar-refractivity contribution in [3.8, 4) is 33.8 Å². The standard InChI is InChI=1S/C20H18O2/c1-2-17-19(21)13-12-18(20(17)22)16-10-8-15(9-11-16)14-6-4-3-5-7-14/h3-13,21-22H,2H2,1H3. The molecular weight excluding hydrogens is 272 g/mol. The summed E-state index contributed by atoms with van der Waals surface area (Å²) in [5.74, 6) is 0.305. The zero-order chi connectivity index (χ0) is 15.5. The lowest BCUT2D eigenvalue weighted by Gasteiger charge is -2.11. The Morgan fingerprint density at radius 3 is 1.91 bits per heavy atom. The molecule has 3 aromatic carbocycles. The first-order valence-corrected chi connectivity index (χ1v) is 7.40. The van der Waals surface area contributed by atoms with Crippen LogP contribution in [0.3, 0.4) is 0 Å². The molecule has 0 atom stereocenters. The van der Waals surface area contributed by atoms with Gasteiger partial charge in [-0.25, -0.2) is 0 Å². The molecule has 3 rings (SSSR count). The normalized spacial score (nSPS) is 10.6. The Balaban J connectivity index is 2.01. The third-order valence-electron chi connectivity index (χ3n) is 3.91. The van der Waals surface area contributed by atoms with E-state index in [0.29, 0.717) is 12.0 Å². The summed E-state index contributed by atoms with van der Waals surface area (Å²) in [4.78, 5) is 0. The van der Waals surface area contributed by atoms with Crippen molar-refractivity contribution in [2.45, 2.75) is 13.3 Å². The molecule has 2 heteroatoms. The fraction of sp³-hybridized carbons (Fsp3) is 0.100. The number of phenolic OH excluding ortho intramolecular Hbond substituents is 2. The van der Waals surface area contributed by atoms with Gasteiger partial charge in [-0.3, -0.25) is 0 Å². The van der Waals surface area contributed by atoms with Crippen LogP contribution in [0.25, 0.3) is 22.3 Å². The lowest BCUT2D eigenvalue weighted by atomic mass is 9.97. The van der Waals surface area contributed by atoms with Crippen molar-refractivity contribution >= 4 is 0 Å². The summed E-state index contributed by atoms with van der Waals surface area (Å²) < 4.78 is 0. The van der Waals surface area contributed by atoms with Crippen LogP contribution in [0.5, 0.6) is 11.5 Å². The van der Waals surface area contributed by atoms with Crippen LogP contribution in [0, 0.1) is 0 Å². The summed E-state index contributed by atoms with van der Waals surface area (Å²) in [7, 11) is 0. The fourth-order valence-corrected chi connectivity index (χ4v) is 2.68. The quantitative estimate of drug-likeness (QED) is 0.713. The molecule has 0 saturated carbocycles.